The van der Waals surface area contributed by atoms with Gasteiger partial charge in [0.1, 0.15) is 0 Å². The smallest absolute Gasteiger partial charge is 0.335 e. The predicted molar refractivity (Wildman–Crippen MR) is 71.2 cm³/mol. The van der Waals surface area contributed by atoms with Gasteiger partial charge in [-0.1, -0.05) is 50.8 Å². The molecule has 1 aromatic carbocycles. The van der Waals surface area contributed by atoms with Gasteiger partial charge in [0.15, 0.2) is 0 Å². The Kier molecular flexibility index (Phi) is 10.3. The number of hydrogen-bond acceptors (Lipinski definition) is 2. The van der Waals surface area contributed by atoms with Gasteiger partial charge >= 0.3 is 5.97 Å². The number of hydrogen-bond donors (Lipinski definition) is 2. The molecule has 0 heterocycles. The summed E-state index contributed by atoms with van der Waals surface area (Å²) in [6, 6.07) is 8.30. The summed E-state index contributed by atoms with van der Waals surface area (Å²) >= 11 is 0. The molecule has 0 amide bonds. The molecule has 0 fully saturated rings. The van der Waals surface area contributed by atoms with Gasteiger partial charge in [-0.25, -0.2) is 4.79 Å². The average molecular weight is 237 g/mol. The van der Waals surface area contributed by atoms with Crippen LogP contribution in [0.4, 0.5) is 0 Å². The summed E-state index contributed by atoms with van der Waals surface area (Å²) < 4.78 is 0. The fraction of sp³-hybridized carbons (Fsp3) is 0.500. The van der Waals surface area contributed by atoms with Crippen LogP contribution in [0.5, 0.6) is 0 Å². The second-order valence-electron chi connectivity index (χ2n) is 3.87. The first-order valence-electron chi connectivity index (χ1n) is 6.20. The zero-order chi connectivity index (χ0) is 12.9. The topological polar surface area (TPSA) is 63.3 Å². The molecular weight excluding hydrogens is 214 g/mol. The molecule has 0 aromatic heterocycles. The Labute approximate surface area is 104 Å². The molecule has 0 atom stereocenters. The van der Waals surface area contributed by atoms with E-state index < -0.39 is 5.97 Å². The third-order valence-corrected chi connectivity index (χ3v) is 2.33. The molecule has 0 saturated carbocycles. The van der Waals surface area contributed by atoms with Crippen LogP contribution in [0.3, 0.4) is 0 Å². The molecule has 96 valence electrons. The molecule has 3 nitrogen and oxygen atoms in total. The lowest BCUT2D eigenvalue weighted by Gasteiger charge is -1.93. The first-order valence-corrected chi connectivity index (χ1v) is 6.20. The van der Waals surface area contributed by atoms with Gasteiger partial charge < -0.3 is 10.8 Å². The van der Waals surface area contributed by atoms with Crippen LogP contribution in [0, 0.1) is 0 Å². The highest BCUT2D eigenvalue weighted by Crippen LogP contribution is 2.00. The van der Waals surface area contributed by atoms with E-state index in [2.05, 4.69) is 6.92 Å². The summed E-state index contributed by atoms with van der Waals surface area (Å²) in [6.45, 7) is 3.09. The number of nitrogens with two attached hydrogens (primary N) is 1. The molecule has 1 aromatic rings. The lowest BCUT2D eigenvalue weighted by molar-refractivity contribution is 0.0697. The number of unbranched alkanes of at least 4 members (excludes halogenated alkanes) is 4. The van der Waals surface area contributed by atoms with Crippen molar-refractivity contribution >= 4 is 5.97 Å². The van der Waals surface area contributed by atoms with Gasteiger partial charge in [-0.2, -0.15) is 0 Å². The lowest BCUT2D eigenvalue weighted by atomic mass is 10.2. The molecule has 17 heavy (non-hydrogen) atoms. The Morgan fingerprint density at radius 1 is 1.12 bits per heavy atom. The second-order valence-corrected chi connectivity index (χ2v) is 3.87. The average Bonchev–Trinajstić information content (AvgIpc) is 2.37. The third-order valence-electron chi connectivity index (χ3n) is 2.33. The largest absolute Gasteiger partial charge is 0.478 e. The standard InChI is InChI=1S/C7H17N.C7H6O2/c1-2-3-4-5-6-7-8;8-7(9)6-4-2-1-3-5-6/h2-8H2,1H3;1-5H,(H,8,9). The van der Waals surface area contributed by atoms with Crippen molar-refractivity contribution in [3.8, 4) is 0 Å². The van der Waals surface area contributed by atoms with E-state index in [1.54, 1.807) is 30.3 Å². The molecule has 0 radical (unpaired) electrons. The minimum atomic E-state index is -0.879. The SMILES string of the molecule is CCCCCCCN.O=C(O)c1ccccc1. The maximum Gasteiger partial charge on any atom is 0.335 e. The molecular formula is C14H23NO2. The van der Waals surface area contributed by atoms with Crippen molar-refractivity contribution in [1.29, 1.82) is 0 Å². The van der Waals surface area contributed by atoms with Gasteiger partial charge in [0.05, 0.1) is 5.56 Å². The van der Waals surface area contributed by atoms with Crippen molar-refractivity contribution in [1.82, 2.24) is 0 Å². The quantitative estimate of drug-likeness (QED) is 0.746. The molecule has 3 N–H and O–H groups in total. The van der Waals surface area contributed by atoms with Crippen molar-refractivity contribution in [2.24, 2.45) is 5.73 Å². The van der Waals surface area contributed by atoms with E-state index in [9.17, 15) is 4.79 Å². The van der Waals surface area contributed by atoms with Crippen LogP contribution in [0.2, 0.25) is 0 Å². The van der Waals surface area contributed by atoms with Crippen LogP contribution in [0.15, 0.2) is 30.3 Å². The molecule has 0 saturated heterocycles. The normalized spacial score (nSPS) is 9.29. The van der Waals surface area contributed by atoms with Crippen molar-refractivity contribution < 1.29 is 9.90 Å². The van der Waals surface area contributed by atoms with Crippen molar-refractivity contribution in [2.45, 2.75) is 39.0 Å². The van der Waals surface area contributed by atoms with E-state index >= 15 is 0 Å². The minimum Gasteiger partial charge on any atom is -0.478 e. The summed E-state index contributed by atoms with van der Waals surface area (Å²) in [5, 5.41) is 8.38. The number of carbonyl (C=O) groups is 1. The first kappa shape index (κ1) is 15.7. The maximum absolute atomic E-state index is 10.2. The highest BCUT2D eigenvalue weighted by atomic mass is 16.4. The molecule has 0 aliphatic rings. The highest BCUT2D eigenvalue weighted by Gasteiger charge is 1.96. The summed E-state index contributed by atoms with van der Waals surface area (Å²) in [5.74, 6) is -0.879. The molecule has 0 bridgehead atoms. The van der Waals surface area contributed by atoms with E-state index in [4.69, 9.17) is 10.8 Å². The Morgan fingerprint density at radius 3 is 2.12 bits per heavy atom. The van der Waals surface area contributed by atoms with Crippen molar-refractivity contribution in [2.75, 3.05) is 6.54 Å². The summed E-state index contributed by atoms with van der Waals surface area (Å²) in [4.78, 5) is 10.2. The summed E-state index contributed by atoms with van der Waals surface area (Å²) in [5.41, 5.74) is 5.64. The molecule has 0 aliphatic heterocycles. The monoisotopic (exact) mass is 237 g/mol. The Hall–Kier alpha value is -1.35. The lowest BCUT2D eigenvalue weighted by Crippen LogP contribution is -1.97. The van der Waals surface area contributed by atoms with E-state index in [1.807, 2.05) is 0 Å². The van der Waals surface area contributed by atoms with Crippen LogP contribution in [0.25, 0.3) is 0 Å². The third kappa shape index (κ3) is 9.57. The van der Waals surface area contributed by atoms with Crippen LogP contribution >= 0.6 is 0 Å². The van der Waals surface area contributed by atoms with Gasteiger partial charge in [0, 0.05) is 0 Å². The van der Waals surface area contributed by atoms with Crippen molar-refractivity contribution in [3.63, 3.8) is 0 Å². The molecule has 1 rings (SSSR count). The number of rotatable bonds is 6. The summed E-state index contributed by atoms with van der Waals surface area (Å²) in [7, 11) is 0. The summed E-state index contributed by atoms with van der Waals surface area (Å²) in [6.07, 6.45) is 6.60. The molecule has 0 aliphatic carbocycles. The van der Waals surface area contributed by atoms with Gasteiger partial charge in [0.2, 0.25) is 0 Å². The Bertz CT molecular complexity index is 280. The van der Waals surface area contributed by atoms with Gasteiger partial charge in [-0.3, -0.25) is 0 Å². The molecule has 3 heteroatoms. The van der Waals surface area contributed by atoms with E-state index in [0.717, 1.165) is 6.54 Å². The number of benzene rings is 1. The van der Waals surface area contributed by atoms with E-state index in [0.29, 0.717) is 5.56 Å². The van der Waals surface area contributed by atoms with Crippen LogP contribution in [-0.2, 0) is 0 Å². The zero-order valence-corrected chi connectivity index (χ0v) is 10.6. The number of aromatic carboxylic acids is 1. The highest BCUT2D eigenvalue weighted by molar-refractivity contribution is 5.87. The van der Waals surface area contributed by atoms with Gasteiger partial charge in [-0.05, 0) is 25.1 Å². The maximum atomic E-state index is 10.2. The van der Waals surface area contributed by atoms with E-state index in [-0.39, 0.29) is 0 Å². The number of carboxylic acids is 1. The van der Waals surface area contributed by atoms with Crippen LogP contribution in [-0.4, -0.2) is 17.6 Å². The fourth-order valence-corrected chi connectivity index (χ4v) is 1.33. The molecule has 0 spiro atoms. The van der Waals surface area contributed by atoms with Crippen LogP contribution in [0.1, 0.15) is 49.4 Å². The Balaban J connectivity index is 0.000000304. The van der Waals surface area contributed by atoms with Gasteiger partial charge in [0.25, 0.3) is 0 Å². The van der Waals surface area contributed by atoms with Gasteiger partial charge in [-0.15, -0.1) is 0 Å². The first-order chi connectivity index (χ1) is 8.22. The number of carboxylic acid groups (broad SMARTS) is 1. The Morgan fingerprint density at radius 2 is 1.71 bits per heavy atom. The minimum absolute atomic E-state index is 0.331. The van der Waals surface area contributed by atoms with Crippen LogP contribution < -0.4 is 5.73 Å². The van der Waals surface area contributed by atoms with Crippen molar-refractivity contribution in [3.05, 3.63) is 35.9 Å². The second kappa shape index (κ2) is 11.1. The zero-order valence-electron chi connectivity index (χ0n) is 10.6. The fourth-order valence-electron chi connectivity index (χ4n) is 1.33. The van der Waals surface area contributed by atoms with E-state index in [1.165, 1.54) is 32.1 Å². The predicted octanol–water partition coefficient (Wildman–Crippen LogP) is 3.30. The molecule has 0 unspecified atom stereocenters.